The Morgan fingerprint density at radius 3 is 3.04 bits per heavy atom. The molecule has 0 saturated carbocycles. The molecule has 1 saturated heterocycles. The second-order valence-corrected chi connectivity index (χ2v) is 6.44. The van der Waals surface area contributed by atoms with Gasteiger partial charge in [0.2, 0.25) is 0 Å². The van der Waals surface area contributed by atoms with E-state index in [0.717, 1.165) is 74.8 Å². The molecule has 142 valence electrons. The molecule has 1 aromatic heterocycles. The van der Waals surface area contributed by atoms with Gasteiger partial charge in [-0.15, -0.1) is 0 Å². The molecule has 0 radical (unpaired) electrons. The number of nitrogens with zero attached hydrogens (tertiary/aromatic N) is 2. The van der Waals surface area contributed by atoms with Crippen molar-refractivity contribution < 1.29 is 9.47 Å². The number of aromatic amines is 1. The summed E-state index contributed by atoms with van der Waals surface area (Å²) in [6.45, 7) is 3.93. The van der Waals surface area contributed by atoms with Gasteiger partial charge in [0, 0.05) is 39.8 Å². The van der Waals surface area contributed by atoms with Crippen LogP contribution < -0.4 is 10.6 Å². The number of guanidine groups is 1. The van der Waals surface area contributed by atoms with E-state index in [1.165, 1.54) is 0 Å². The third-order valence-electron chi connectivity index (χ3n) is 4.40. The summed E-state index contributed by atoms with van der Waals surface area (Å²) in [5.41, 5.74) is 2.08. The topological polar surface area (TPSA) is 83.6 Å². The van der Waals surface area contributed by atoms with Gasteiger partial charge in [0.25, 0.3) is 0 Å². The Bertz CT molecular complexity index is 661. The Labute approximate surface area is 154 Å². The van der Waals surface area contributed by atoms with Crippen molar-refractivity contribution in [3.8, 4) is 0 Å². The Morgan fingerprint density at radius 1 is 1.35 bits per heavy atom. The van der Waals surface area contributed by atoms with Gasteiger partial charge in [0.1, 0.15) is 5.82 Å². The smallest absolute Gasteiger partial charge is 0.190 e. The average Bonchev–Trinajstić information content (AvgIpc) is 3.32. The van der Waals surface area contributed by atoms with Gasteiger partial charge in [-0.05, 0) is 31.4 Å². The van der Waals surface area contributed by atoms with Crippen molar-refractivity contribution in [2.24, 2.45) is 4.99 Å². The molecule has 1 fully saturated rings. The molecule has 0 spiro atoms. The van der Waals surface area contributed by atoms with Crippen LogP contribution in [0, 0.1) is 0 Å². The number of para-hydroxylation sites is 2. The van der Waals surface area contributed by atoms with Gasteiger partial charge in [0.05, 0.1) is 23.7 Å². The summed E-state index contributed by atoms with van der Waals surface area (Å²) in [5.74, 6) is 1.79. The zero-order valence-corrected chi connectivity index (χ0v) is 15.5. The quantitative estimate of drug-likeness (QED) is 0.362. The predicted octanol–water partition coefficient (Wildman–Crippen LogP) is 1.86. The summed E-state index contributed by atoms with van der Waals surface area (Å²) in [6.07, 6.45) is 4.35. The van der Waals surface area contributed by atoms with E-state index in [2.05, 4.69) is 25.6 Å². The second-order valence-electron chi connectivity index (χ2n) is 6.44. The van der Waals surface area contributed by atoms with Crippen LogP contribution in [-0.4, -0.2) is 62.0 Å². The van der Waals surface area contributed by atoms with Crippen LogP contribution in [0.3, 0.4) is 0 Å². The molecule has 0 amide bonds. The lowest BCUT2D eigenvalue weighted by Crippen LogP contribution is -2.39. The molecule has 1 atom stereocenters. The van der Waals surface area contributed by atoms with E-state index in [1.54, 1.807) is 7.05 Å². The lowest BCUT2D eigenvalue weighted by atomic mass is 10.2. The zero-order valence-electron chi connectivity index (χ0n) is 15.5. The minimum absolute atomic E-state index is 0.302. The van der Waals surface area contributed by atoms with Gasteiger partial charge in [-0.2, -0.15) is 0 Å². The normalized spacial score (nSPS) is 17.7. The highest BCUT2D eigenvalue weighted by molar-refractivity contribution is 5.79. The Morgan fingerprint density at radius 2 is 2.23 bits per heavy atom. The summed E-state index contributed by atoms with van der Waals surface area (Å²) in [7, 11) is 1.78. The van der Waals surface area contributed by atoms with E-state index in [9.17, 15) is 0 Å². The van der Waals surface area contributed by atoms with Crippen LogP contribution in [0.4, 0.5) is 0 Å². The molecule has 26 heavy (non-hydrogen) atoms. The number of ether oxygens (including phenoxy) is 2. The first-order chi connectivity index (χ1) is 12.8. The van der Waals surface area contributed by atoms with E-state index >= 15 is 0 Å². The maximum Gasteiger partial charge on any atom is 0.190 e. The number of benzene rings is 1. The Hall–Kier alpha value is -2.12. The number of aliphatic imine (C=N–C) groups is 1. The summed E-state index contributed by atoms with van der Waals surface area (Å²) >= 11 is 0. The fraction of sp³-hybridized carbons (Fsp3) is 0.579. The molecular weight excluding hydrogens is 330 g/mol. The molecule has 2 heterocycles. The molecule has 0 aliphatic carbocycles. The van der Waals surface area contributed by atoms with Gasteiger partial charge in [-0.3, -0.25) is 4.99 Å². The number of aromatic nitrogens is 2. The van der Waals surface area contributed by atoms with Crippen molar-refractivity contribution in [1.29, 1.82) is 0 Å². The number of fused-ring (bicyclic) bond motifs is 1. The van der Waals surface area contributed by atoms with Gasteiger partial charge in [-0.25, -0.2) is 4.98 Å². The zero-order chi connectivity index (χ0) is 18.0. The van der Waals surface area contributed by atoms with E-state index in [0.29, 0.717) is 12.7 Å². The number of hydrogen-bond donors (Lipinski definition) is 3. The highest BCUT2D eigenvalue weighted by atomic mass is 16.5. The van der Waals surface area contributed by atoms with E-state index in [1.807, 2.05) is 24.3 Å². The van der Waals surface area contributed by atoms with Crippen molar-refractivity contribution >= 4 is 17.0 Å². The number of imidazole rings is 1. The molecule has 7 nitrogen and oxygen atoms in total. The number of H-pyrrole nitrogens is 1. The van der Waals surface area contributed by atoms with Crippen molar-refractivity contribution in [2.75, 3.05) is 40.0 Å². The van der Waals surface area contributed by atoms with Crippen molar-refractivity contribution in [3.05, 3.63) is 30.1 Å². The molecule has 1 aliphatic rings. The molecule has 1 unspecified atom stereocenters. The van der Waals surface area contributed by atoms with Crippen LogP contribution in [0.15, 0.2) is 29.3 Å². The van der Waals surface area contributed by atoms with Crippen LogP contribution in [-0.2, 0) is 15.9 Å². The van der Waals surface area contributed by atoms with Crippen molar-refractivity contribution in [1.82, 2.24) is 20.6 Å². The predicted molar refractivity (Wildman–Crippen MR) is 104 cm³/mol. The van der Waals surface area contributed by atoms with Crippen LogP contribution in [0.25, 0.3) is 11.0 Å². The van der Waals surface area contributed by atoms with E-state index in [4.69, 9.17) is 9.47 Å². The van der Waals surface area contributed by atoms with Crippen molar-refractivity contribution in [2.45, 2.75) is 31.8 Å². The fourth-order valence-corrected chi connectivity index (χ4v) is 3.02. The first-order valence-corrected chi connectivity index (χ1v) is 9.42. The van der Waals surface area contributed by atoms with Gasteiger partial charge in [0.15, 0.2) is 5.96 Å². The minimum atomic E-state index is 0.302. The van der Waals surface area contributed by atoms with E-state index in [-0.39, 0.29) is 0 Å². The third kappa shape index (κ3) is 5.71. The van der Waals surface area contributed by atoms with Gasteiger partial charge < -0.3 is 25.1 Å². The average molecular weight is 359 g/mol. The molecule has 1 aromatic carbocycles. The molecule has 1 aliphatic heterocycles. The first kappa shape index (κ1) is 18.7. The lowest BCUT2D eigenvalue weighted by molar-refractivity contribution is 0.0168. The van der Waals surface area contributed by atoms with Gasteiger partial charge in [-0.1, -0.05) is 12.1 Å². The Balaban J connectivity index is 1.27. The number of hydrogen-bond acceptors (Lipinski definition) is 4. The summed E-state index contributed by atoms with van der Waals surface area (Å²) in [4.78, 5) is 12.2. The standard InChI is InChI=1S/C19H29N5O2/c1-20-19(21-10-5-12-25-14-15-6-4-13-26-15)22-11-9-18-23-16-7-2-3-8-17(16)24-18/h2-3,7-8,15H,4-6,9-14H2,1H3,(H,23,24)(H2,20,21,22). The number of rotatable bonds is 9. The molecule has 0 bridgehead atoms. The monoisotopic (exact) mass is 359 g/mol. The van der Waals surface area contributed by atoms with Crippen LogP contribution in [0.1, 0.15) is 25.1 Å². The largest absolute Gasteiger partial charge is 0.379 e. The number of nitrogens with one attached hydrogen (secondary N) is 3. The van der Waals surface area contributed by atoms with Crippen LogP contribution in [0.5, 0.6) is 0 Å². The lowest BCUT2D eigenvalue weighted by Gasteiger charge is -2.12. The summed E-state index contributed by atoms with van der Waals surface area (Å²) < 4.78 is 11.2. The first-order valence-electron chi connectivity index (χ1n) is 9.42. The molecular formula is C19H29N5O2. The highest BCUT2D eigenvalue weighted by Crippen LogP contribution is 2.12. The molecule has 2 aromatic rings. The fourth-order valence-electron chi connectivity index (χ4n) is 3.02. The molecule has 3 N–H and O–H groups in total. The molecule has 7 heteroatoms. The van der Waals surface area contributed by atoms with Crippen LogP contribution in [0.2, 0.25) is 0 Å². The summed E-state index contributed by atoms with van der Waals surface area (Å²) in [6, 6.07) is 8.07. The van der Waals surface area contributed by atoms with Gasteiger partial charge >= 0.3 is 0 Å². The van der Waals surface area contributed by atoms with E-state index < -0.39 is 0 Å². The van der Waals surface area contributed by atoms with Crippen LogP contribution >= 0.6 is 0 Å². The maximum atomic E-state index is 5.66. The van der Waals surface area contributed by atoms with Crippen molar-refractivity contribution in [3.63, 3.8) is 0 Å². The third-order valence-corrected chi connectivity index (χ3v) is 4.40. The minimum Gasteiger partial charge on any atom is -0.379 e. The second kappa shape index (κ2) is 10.1. The Kier molecular flexibility index (Phi) is 7.27. The highest BCUT2D eigenvalue weighted by Gasteiger charge is 2.14. The maximum absolute atomic E-state index is 5.66. The SMILES string of the molecule is CN=C(NCCCOCC1CCCO1)NCCc1nc2ccccc2[nH]1. The molecule has 3 rings (SSSR count). The summed E-state index contributed by atoms with van der Waals surface area (Å²) in [5, 5.41) is 6.62.